The molecule has 7 nitrogen and oxygen atoms in total. The van der Waals surface area contributed by atoms with Gasteiger partial charge < -0.3 is 20.7 Å². The van der Waals surface area contributed by atoms with Gasteiger partial charge in [-0.25, -0.2) is 0 Å². The van der Waals surface area contributed by atoms with Crippen molar-refractivity contribution >= 4 is 17.8 Å². The van der Waals surface area contributed by atoms with Crippen LogP contribution in [0, 0.1) is 0 Å². The van der Waals surface area contributed by atoms with Crippen LogP contribution in [0.3, 0.4) is 0 Å². The van der Waals surface area contributed by atoms with Crippen molar-refractivity contribution in [3.05, 3.63) is 35.4 Å². The Balaban J connectivity index is 0.000000688. The summed E-state index contributed by atoms with van der Waals surface area (Å²) in [6.07, 6.45) is 1.61. The maximum Gasteiger partial charge on any atom is 0.239 e. The van der Waals surface area contributed by atoms with E-state index in [-0.39, 0.29) is 0 Å². The minimum atomic E-state index is -0.469. The Morgan fingerprint density at radius 2 is 2.00 bits per heavy atom. The standard InChI is InChI=1S/C12H17N3O2.C4H9NO/c1-8(15-17-3)9-4-6-10(7-5-9)11(14-2)12(13)16;1-3-5-6-4-2/h4-7,11,14H,1-3H3,(H2,13,16);3H,4H2,1-2H3/b15-8-;5-3+. The number of benzene rings is 1. The number of nitrogens with two attached hydrogens (primary N) is 1. The molecule has 1 aromatic carbocycles. The number of carbonyl (C=O) groups excluding carboxylic acids is 1. The molecule has 128 valence electrons. The van der Waals surface area contributed by atoms with Gasteiger partial charge in [0.25, 0.3) is 0 Å². The van der Waals surface area contributed by atoms with Crippen molar-refractivity contribution in [3.8, 4) is 0 Å². The topological polar surface area (TPSA) is 98.3 Å². The van der Waals surface area contributed by atoms with E-state index in [4.69, 9.17) is 10.6 Å². The number of amides is 1. The maximum atomic E-state index is 11.2. The lowest BCUT2D eigenvalue weighted by Gasteiger charge is -2.12. The number of carbonyl (C=O) groups is 1. The fourth-order valence-corrected chi connectivity index (χ4v) is 1.73. The van der Waals surface area contributed by atoms with Crippen LogP contribution in [0.4, 0.5) is 0 Å². The first-order valence-corrected chi connectivity index (χ1v) is 7.26. The monoisotopic (exact) mass is 322 g/mol. The van der Waals surface area contributed by atoms with Gasteiger partial charge in [0, 0.05) is 6.21 Å². The fourth-order valence-electron chi connectivity index (χ4n) is 1.73. The predicted octanol–water partition coefficient (Wildman–Crippen LogP) is 1.83. The zero-order chi connectivity index (χ0) is 17.7. The summed E-state index contributed by atoms with van der Waals surface area (Å²) >= 11 is 0. The minimum Gasteiger partial charge on any atom is -0.399 e. The molecular weight excluding hydrogens is 296 g/mol. The Bertz CT molecular complexity index is 513. The third kappa shape index (κ3) is 7.96. The summed E-state index contributed by atoms with van der Waals surface area (Å²) in [6, 6.07) is 6.97. The zero-order valence-electron chi connectivity index (χ0n) is 14.4. The van der Waals surface area contributed by atoms with Gasteiger partial charge >= 0.3 is 0 Å². The first-order valence-electron chi connectivity index (χ1n) is 7.26. The maximum absolute atomic E-state index is 11.2. The van der Waals surface area contributed by atoms with Crippen molar-refractivity contribution < 1.29 is 14.5 Å². The molecule has 0 aliphatic heterocycles. The van der Waals surface area contributed by atoms with E-state index in [0.717, 1.165) is 16.8 Å². The Morgan fingerprint density at radius 1 is 1.39 bits per heavy atom. The number of likely N-dealkylation sites (N-methyl/N-ethyl adjacent to an activating group) is 1. The molecule has 23 heavy (non-hydrogen) atoms. The molecule has 1 aromatic rings. The van der Waals surface area contributed by atoms with Gasteiger partial charge in [0.2, 0.25) is 5.91 Å². The Labute approximate surface area is 137 Å². The second-order valence-electron chi connectivity index (χ2n) is 4.39. The van der Waals surface area contributed by atoms with E-state index in [1.807, 2.05) is 45.0 Å². The molecule has 1 atom stereocenters. The summed E-state index contributed by atoms with van der Waals surface area (Å²) in [5.41, 5.74) is 7.82. The van der Waals surface area contributed by atoms with E-state index >= 15 is 0 Å². The SMILES string of the molecule is C/C=N/OCC.CNC(C(N)=O)c1ccc(/C(C)=N\OC)cc1. The molecule has 0 bridgehead atoms. The second-order valence-corrected chi connectivity index (χ2v) is 4.39. The van der Waals surface area contributed by atoms with Crippen LogP contribution >= 0.6 is 0 Å². The second kappa shape index (κ2) is 12.2. The number of nitrogens with zero attached hydrogens (tertiary/aromatic N) is 2. The van der Waals surface area contributed by atoms with Crippen molar-refractivity contribution in [1.29, 1.82) is 0 Å². The van der Waals surface area contributed by atoms with Crippen LogP contribution in [0.25, 0.3) is 0 Å². The normalized spacial score (nSPS) is 12.3. The summed E-state index contributed by atoms with van der Waals surface area (Å²) in [4.78, 5) is 20.4. The molecule has 7 heteroatoms. The van der Waals surface area contributed by atoms with Gasteiger partial charge in [0.15, 0.2) is 0 Å². The zero-order valence-corrected chi connectivity index (χ0v) is 14.4. The lowest BCUT2D eigenvalue weighted by atomic mass is 10.0. The van der Waals surface area contributed by atoms with E-state index in [2.05, 4.69) is 20.5 Å². The number of rotatable bonds is 7. The summed E-state index contributed by atoms with van der Waals surface area (Å²) in [7, 11) is 3.20. The van der Waals surface area contributed by atoms with Gasteiger partial charge in [-0.2, -0.15) is 0 Å². The summed E-state index contributed by atoms with van der Waals surface area (Å²) in [5.74, 6) is -0.400. The average molecular weight is 322 g/mol. The van der Waals surface area contributed by atoms with Gasteiger partial charge in [-0.15, -0.1) is 0 Å². The number of nitrogens with one attached hydrogen (secondary N) is 1. The van der Waals surface area contributed by atoms with Gasteiger partial charge in [0.1, 0.15) is 19.8 Å². The van der Waals surface area contributed by atoms with Crippen LogP contribution in [-0.4, -0.2) is 38.6 Å². The molecule has 0 fully saturated rings. The highest BCUT2D eigenvalue weighted by Crippen LogP contribution is 2.13. The third-order valence-corrected chi connectivity index (χ3v) is 2.77. The highest BCUT2D eigenvalue weighted by Gasteiger charge is 2.14. The summed E-state index contributed by atoms with van der Waals surface area (Å²) in [5, 5.41) is 10.2. The van der Waals surface area contributed by atoms with E-state index in [1.54, 1.807) is 13.3 Å². The van der Waals surface area contributed by atoms with E-state index in [9.17, 15) is 4.79 Å². The van der Waals surface area contributed by atoms with Crippen molar-refractivity contribution in [2.45, 2.75) is 26.8 Å². The van der Waals surface area contributed by atoms with Crippen LogP contribution in [0.1, 0.15) is 37.9 Å². The fraction of sp³-hybridized carbons (Fsp3) is 0.438. The van der Waals surface area contributed by atoms with Gasteiger partial charge in [0.05, 0.1) is 5.71 Å². The minimum absolute atomic E-state index is 0.400. The van der Waals surface area contributed by atoms with Gasteiger partial charge in [-0.05, 0) is 38.9 Å². The van der Waals surface area contributed by atoms with Crippen molar-refractivity contribution in [1.82, 2.24) is 5.32 Å². The van der Waals surface area contributed by atoms with Crippen molar-refractivity contribution in [2.24, 2.45) is 16.0 Å². The van der Waals surface area contributed by atoms with E-state index in [0.29, 0.717) is 6.61 Å². The van der Waals surface area contributed by atoms with Crippen LogP contribution in [-0.2, 0) is 14.5 Å². The van der Waals surface area contributed by atoms with E-state index < -0.39 is 11.9 Å². The molecule has 0 aromatic heterocycles. The lowest BCUT2D eigenvalue weighted by molar-refractivity contribution is -0.120. The third-order valence-electron chi connectivity index (χ3n) is 2.77. The molecule has 0 radical (unpaired) electrons. The van der Waals surface area contributed by atoms with Crippen LogP contribution in [0.15, 0.2) is 34.6 Å². The molecule has 3 N–H and O–H groups in total. The molecule has 0 saturated heterocycles. The molecular formula is C16H26N4O3. The van der Waals surface area contributed by atoms with Crippen LogP contribution < -0.4 is 11.1 Å². The van der Waals surface area contributed by atoms with Crippen molar-refractivity contribution in [2.75, 3.05) is 20.8 Å². The average Bonchev–Trinajstić information content (AvgIpc) is 2.54. The largest absolute Gasteiger partial charge is 0.399 e. The molecule has 1 amide bonds. The number of primary amides is 1. The van der Waals surface area contributed by atoms with Crippen LogP contribution in [0.5, 0.6) is 0 Å². The number of hydrogen-bond donors (Lipinski definition) is 2. The Morgan fingerprint density at radius 3 is 2.35 bits per heavy atom. The van der Waals surface area contributed by atoms with Crippen molar-refractivity contribution in [3.63, 3.8) is 0 Å². The first-order chi connectivity index (χ1) is 11.0. The molecule has 0 aliphatic carbocycles. The predicted molar refractivity (Wildman–Crippen MR) is 92.4 cm³/mol. The quantitative estimate of drug-likeness (QED) is 0.591. The highest BCUT2D eigenvalue weighted by molar-refractivity contribution is 5.98. The smallest absolute Gasteiger partial charge is 0.239 e. The summed E-state index contributed by atoms with van der Waals surface area (Å²) in [6.45, 7) is 6.22. The number of hydrogen-bond acceptors (Lipinski definition) is 6. The first kappa shape index (κ1) is 20.6. The van der Waals surface area contributed by atoms with Gasteiger partial charge in [-0.3, -0.25) is 4.79 Å². The Hall–Kier alpha value is -2.41. The molecule has 0 spiro atoms. The van der Waals surface area contributed by atoms with Crippen LogP contribution in [0.2, 0.25) is 0 Å². The highest BCUT2D eigenvalue weighted by atomic mass is 16.6. The summed E-state index contributed by atoms with van der Waals surface area (Å²) < 4.78 is 0. The number of oxime groups is 2. The Kier molecular flexibility index (Phi) is 10.9. The lowest BCUT2D eigenvalue weighted by Crippen LogP contribution is -2.31. The molecule has 0 aliphatic rings. The molecule has 0 heterocycles. The molecule has 0 saturated carbocycles. The molecule has 1 rings (SSSR count). The van der Waals surface area contributed by atoms with Gasteiger partial charge in [-0.1, -0.05) is 34.6 Å². The van der Waals surface area contributed by atoms with E-state index in [1.165, 1.54) is 7.11 Å². The molecule has 1 unspecified atom stereocenters.